The summed E-state index contributed by atoms with van der Waals surface area (Å²) in [6, 6.07) is 0.835. The van der Waals surface area contributed by atoms with E-state index in [1.54, 1.807) is 0 Å². The Morgan fingerprint density at radius 3 is 2.61 bits per heavy atom. The monoisotopic (exact) mass is 254 g/mol. The van der Waals surface area contributed by atoms with Gasteiger partial charge in [0, 0.05) is 12.6 Å². The standard InChI is InChI=1S/C13H26N4O/c1-13(2)9-11(7-8-18-13)16-12(17-14)15-10-5-3-4-6-10/h10-11H,3-9,14H2,1-2H3,(H2,15,16,17). The van der Waals surface area contributed by atoms with Crippen LogP contribution in [-0.2, 0) is 4.74 Å². The van der Waals surface area contributed by atoms with Gasteiger partial charge in [0.15, 0.2) is 0 Å². The van der Waals surface area contributed by atoms with Crippen LogP contribution in [0.25, 0.3) is 0 Å². The number of aliphatic imine (C=N–C) groups is 1. The van der Waals surface area contributed by atoms with Crippen LogP contribution in [0.5, 0.6) is 0 Å². The summed E-state index contributed by atoms with van der Waals surface area (Å²) in [6.07, 6.45) is 6.94. The summed E-state index contributed by atoms with van der Waals surface area (Å²) in [5, 5.41) is 3.42. The van der Waals surface area contributed by atoms with Gasteiger partial charge in [-0.1, -0.05) is 12.8 Å². The summed E-state index contributed by atoms with van der Waals surface area (Å²) in [5.74, 6) is 6.30. The van der Waals surface area contributed by atoms with Crippen molar-refractivity contribution in [3.05, 3.63) is 0 Å². The topological polar surface area (TPSA) is 71.7 Å². The molecule has 2 fully saturated rings. The number of ether oxygens (including phenoxy) is 1. The van der Waals surface area contributed by atoms with E-state index in [1.165, 1.54) is 25.7 Å². The van der Waals surface area contributed by atoms with Crippen molar-refractivity contribution < 1.29 is 4.74 Å². The lowest BCUT2D eigenvalue weighted by Gasteiger charge is -2.36. The Bertz CT molecular complexity index is 297. The molecule has 0 aromatic heterocycles. The summed E-state index contributed by atoms with van der Waals surface area (Å²) < 4.78 is 5.71. The molecule has 1 unspecified atom stereocenters. The van der Waals surface area contributed by atoms with Crippen molar-refractivity contribution in [1.82, 2.24) is 10.7 Å². The molecule has 104 valence electrons. The van der Waals surface area contributed by atoms with Crippen molar-refractivity contribution in [3.8, 4) is 0 Å². The molecule has 5 nitrogen and oxygen atoms in total. The Hall–Kier alpha value is -0.810. The van der Waals surface area contributed by atoms with E-state index in [2.05, 4.69) is 29.6 Å². The third kappa shape index (κ3) is 3.85. The van der Waals surface area contributed by atoms with Gasteiger partial charge >= 0.3 is 0 Å². The zero-order valence-electron chi connectivity index (χ0n) is 11.5. The molecule has 2 rings (SSSR count). The molecule has 0 aromatic rings. The van der Waals surface area contributed by atoms with E-state index in [4.69, 9.17) is 10.6 Å². The van der Waals surface area contributed by atoms with Crippen LogP contribution in [0, 0.1) is 0 Å². The fourth-order valence-corrected chi connectivity index (χ4v) is 2.88. The van der Waals surface area contributed by atoms with E-state index >= 15 is 0 Å². The maximum atomic E-state index is 5.71. The summed E-state index contributed by atoms with van der Waals surface area (Å²) in [7, 11) is 0. The highest BCUT2D eigenvalue weighted by atomic mass is 16.5. The van der Waals surface area contributed by atoms with E-state index in [1.807, 2.05) is 0 Å². The fourth-order valence-electron chi connectivity index (χ4n) is 2.88. The minimum Gasteiger partial charge on any atom is -0.375 e. The van der Waals surface area contributed by atoms with Crippen LogP contribution >= 0.6 is 0 Å². The highest BCUT2D eigenvalue weighted by Gasteiger charge is 2.29. The lowest BCUT2D eigenvalue weighted by molar-refractivity contribution is -0.0605. The molecule has 1 saturated carbocycles. The Kier molecular flexibility index (Phi) is 4.45. The van der Waals surface area contributed by atoms with Gasteiger partial charge in [0.2, 0.25) is 5.96 Å². The van der Waals surface area contributed by atoms with Gasteiger partial charge in [0.05, 0.1) is 11.6 Å². The number of rotatable bonds is 2. The molecule has 0 radical (unpaired) electrons. The number of hydrogen-bond donors (Lipinski definition) is 3. The summed E-state index contributed by atoms with van der Waals surface area (Å²) in [4.78, 5) is 4.66. The van der Waals surface area contributed by atoms with Crippen molar-refractivity contribution in [2.75, 3.05) is 6.61 Å². The van der Waals surface area contributed by atoms with Gasteiger partial charge in [-0.2, -0.15) is 0 Å². The predicted molar refractivity (Wildman–Crippen MR) is 73.2 cm³/mol. The molecule has 1 aliphatic heterocycles. The first-order valence-electron chi connectivity index (χ1n) is 7.04. The predicted octanol–water partition coefficient (Wildman–Crippen LogP) is 1.30. The van der Waals surface area contributed by atoms with Crippen LogP contribution in [0.15, 0.2) is 4.99 Å². The molecular weight excluding hydrogens is 228 g/mol. The molecule has 1 heterocycles. The number of nitrogens with two attached hydrogens (primary N) is 1. The van der Waals surface area contributed by atoms with Crippen molar-refractivity contribution in [1.29, 1.82) is 0 Å². The second kappa shape index (κ2) is 5.89. The summed E-state index contributed by atoms with van der Waals surface area (Å²) in [5.41, 5.74) is 2.65. The first-order chi connectivity index (χ1) is 8.59. The van der Waals surface area contributed by atoms with Crippen LogP contribution in [-0.4, -0.2) is 30.3 Å². The lowest BCUT2D eigenvalue weighted by atomic mass is 9.94. The van der Waals surface area contributed by atoms with Gasteiger partial charge in [-0.05, 0) is 39.5 Å². The average Bonchev–Trinajstić information content (AvgIpc) is 2.79. The first kappa shape index (κ1) is 13.6. The molecule has 0 spiro atoms. The summed E-state index contributed by atoms with van der Waals surface area (Å²) in [6.45, 7) is 5.06. The Morgan fingerprint density at radius 1 is 1.28 bits per heavy atom. The number of nitrogens with zero attached hydrogens (tertiary/aromatic N) is 1. The molecule has 4 N–H and O–H groups in total. The van der Waals surface area contributed by atoms with Crippen LogP contribution in [0.2, 0.25) is 0 Å². The van der Waals surface area contributed by atoms with Gasteiger partial charge in [0.25, 0.3) is 0 Å². The van der Waals surface area contributed by atoms with Crippen molar-refractivity contribution >= 4 is 5.96 Å². The van der Waals surface area contributed by atoms with E-state index in [0.717, 1.165) is 25.4 Å². The third-order valence-electron chi connectivity index (χ3n) is 3.81. The van der Waals surface area contributed by atoms with E-state index in [9.17, 15) is 0 Å². The zero-order chi connectivity index (χ0) is 13.0. The van der Waals surface area contributed by atoms with Gasteiger partial charge < -0.3 is 10.1 Å². The normalized spacial score (nSPS) is 29.3. The van der Waals surface area contributed by atoms with Crippen LogP contribution in [0.1, 0.15) is 52.4 Å². The SMILES string of the molecule is CC1(C)CC(NC(=NC2CCCC2)NN)CCO1. The van der Waals surface area contributed by atoms with Gasteiger partial charge in [-0.25, -0.2) is 10.8 Å². The quantitative estimate of drug-likeness (QED) is 0.300. The Labute approximate surface area is 110 Å². The second-order valence-corrected chi connectivity index (χ2v) is 6.00. The van der Waals surface area contributed by atoms with Crippen LogP contribution < -0.4 is 16.6 Å². The maximum absolute atomic E-state index is 5.71. The van der Waals surface area contributed by atoms with Crippen molar-refractivity contribution in [3.63, 3.8) is 0 Å². The first-order valence-corrected chi connectivity index (χ1v) is 7.04. The lowest BCUT2D eigenvalue weighted by Crippen LogP contribution is -2.51. The molecule has 1 aliphatic carbocycles. The van der Waals surface area contributed by atoms with E-state index < -0.39 is 0 Å². The molecule has 0 aromatic carbocycles. The number of nitrogens with one attached hydrogen (secondary N) is 2. The highest BCUT2D eigenvalue weighted by molar-refractivity contribution is 5.79. The van der Waals surface area contributed by atoms with Crippen LogP contribution in [0.4, 0.5) is 0 Å². The maximum Gasteiger partial charge on any atom is 0.206 e. The average molecular weight is 254 g/mol. The number of hydrazine groups is 1. The molecule has 18 heavy (non-hydrogen) atoms. The second-order valence-electron chi connectivity index (χ2n) is 6.00. The molecule has 0 amide bonds. The summed E-state index contributed by atoms with van der Waals surface area (Å²) >= 11 is 0. The van der Waals surface area contributed by atoms with Crippen LogP contribution in [0.3, 0.4) is 0 Å². The third-order valence-corrected chi connectivity index (χ3v) is 3.81. The minimum atomic E-state index is -0.0526. The smallest absolute Gasteiger partial charge is 0.206 e. The molecule has 2 aliphatic rings. The van der Waals surface area contributed by atoms with Crippen molar-refractivity contribution in [2.45, 2.75) is 70.1 Å². The minimum absolute atomic E-state index is 0.0526. The molecule has 5 heteroatoms. The highest BCUT2D eigenvalue weighted by Crippen LogP contribution is 2.24. The van der Waals surface area contributed by atoms with Gasteiger partial charge in [-0.15, -0.1) is 0 Å². The zero-order valence-corrected chi connectivity index (χ0v) is 11.5. The molecule has 1 atom stereocenters. The van der Waals surface area contributed by atoms with Gasteiger partial charge in [0.1, 0.15) is 0 Å². The Morgan fingerprint density at radius 2 is 2.00 bits per heavy atom. The molecule has 1 saturated heterocycles. The van der Waals surface area contributed by atoms with E-state index in [0.29, 0.717) is 12.1 Å². The molecular formula is C13H26N4O. The van der Waals surface area contributed by atoms with Gasteiger partial charge in [-0.3, -0.25) is 5.43 Å². The Balaban J connectivity index is 1.89. The largest absolute Gasteiger partial charge is 0.375 e. The molecule has 0 bridgehead atoms. The van der Waals surface area contributed by atoms with Crippen molar-refractivity contribution in [2.24, 2.45) is 10.8 Å². The fraction of sp³-hybridized carbons (Fsp3) is 0.923. The van der Waals surface area contributed by atoms with E-state index in [-0.39, 0.29) is 5.60 Å². The number of hydrogen-bond acceptors (Lipinski definition) is 3. The number of guanidine groups is 1.